The SMILES string of the molecule is NNC(=O)c1occc1CN1CCCC1=O. The number of hydrogen-bond acceptors (Lipinski definition) is 4. The molecule has 1 aliphatic rings. The molecule has 2 rings (SSSR count). The number of likely N-dealkylation sites (tertiary alicyclic amines) is 1. The Labute approximate surface area is 92.4 Å². The van der Waals surface area contributed by atoms with E-state index in [1.54, 1.807) is 11.0 Å². The fraction of sp³-hybridized carbons (Fsp3) is 0.400. The first kappa shape index (κ1) is 10.7. The second-order valence-electron chi connectivity index (χ2n) is 3.67. The van der Waals surface area contributed by atoms with Crippen molar-refractivity contribution in [2.24, 2.45) is 5.84 Å². The second kappa shape index (κ2) is 4.36. The summed E-state index contributed by atoms with van der Waals surface area (Å²) in [4.78, 5) is 24.4. The number of nitrogens with two attached hydrogens (primary N) is 1. The number of rotatable bonds is 3. The zero-order chi connectivity index (χ0) is 11.5. The molecular weight excluding hydrogens is 210 g/mol. The van der Waals surface area contributed by atoms with Gasteiger partial charge in [-0.05, 0) is 12.5 Å². The molecule has 0 aromatic carbocycles. The normalized spacial score (nSPS) is 15.6. The summed E-state index contributed by atoms with van der Waals surface area (Å²) in [5.74, 6) is 4.83. The quantitative estimate of drug-likeness (QED) is 0.429. The molecular formula is C10H13N3O3. The molecule has 1 aromatic rings. The third-order valence-corrected chi connectivity index (χ3v) is 2.62. The van der Waals surface area contributed by atoms with E-state index in [4.69, 9.17) is 10.3 Å². The van der Waals surface area contributed by atoms with E-state index >= 15 is 0 Å². The molecule has 86 valence electrons. The zero-order valence-electron chi connectivity index (χ0n) is 8.73. The van der Waals surface area contributed by atoms with Crippen LogP contribution in [0.2, 0.25) is 0 Å². The number of carbonyl (C=O) groups is 2. The molecule has 1 aliphatic heterocycles. The van der Waals surface area contributed by atoms with Crippen molar-refractivity contribution in [1.82, 2.24) is 10.3 Å². The van der Waals surface area contributed by atoms with Gasteiger partial charge in [0.25, 0.3) is 0 Å². The van der Waals surface area contributed by atoms with E-state index in [0.29, 0.717) is 18.5 Å². The summed E-state index contributed by atoms with van der Waals surface area (Å²) in [6, 6.07) is 1.68. The molecule has 1 aromatic heterocycles. The Kier molecular flexibility index (Phi) is 2.91. The van der Waals surface area contributed by atoms with E-state index in [-0.39, 0.29) is 11.7 Å². The summed E-state index contributed by atoms with van der Waals surface area (Å²) in [5.41, 5.74) is 2.69. The number of hydrazine groups is 1. The van der Waals surface area contributed by atoms with Gasteiger partial charge in [0.2, 0.25) is 5.91 Å². The first-order valence-corrected chi connectivity index (χ1v) is 5.07. The minimum Gasteiger partial charge on any atom is -0.459 e. The van der Waals surface area contributed by atoms with Gasteiger partial charge in [0.15, 0.2) is 5.76 Å². The second-order valence-corrected chi connectivity index (χ2v) is 3.67. The Hall–Kier alpha value is -1.82. The minimum absolute atomic E-state index is 0.111. The number of furan rings is 1. The number of nitrogen functional groups attached to an aromatic ring is 1. The fourth-order valence-corrected chi connectivity index (χ4v) is 1.80. The van der Waals surface area contributed by atoms with Crippen molar-refractivity contribution >= 4 is 11.8 Å². The van der Waals surface area contributed by atoms with Crippen LogP contribution in [-0.4, -0.2) is 23.3 Å². The third kappa shape index (κ3) is 1.92. The van der Waals surface area contributed by atoms with Gasteiger partial charge in [0.05, 0.1) is 6.26 Å². The Bertz CT molecular complexity index is 413. The smallest absolute Gasteiger partial charge is 0.301 e. The van der Waals surface area contributed by atoms with Gasteiger partial charge < -0.3 is 9.32 Å². The van der Waals surface area contributed by atoms with Crippen LogP contribution < -0.4 is 11.3 Å². The van der Waals surface area contributed by atoms with Gasteiger partial charge in [-0.15, -0.1) is 0 Å². The summed E-state index contributed by atoms with van der Waals surface area (Å²) >= 11 is 0. The lowest BCUT2D eigenvalue weighted by Gasteiger charge is -2.14. The van der Waals surface area contributed by atoms with Crippen molar-refractivity contribution in [3.63, 3.8) is 0 Å². The Morgan fingerprint density at radius 2 is 2.44 bits per heavy atom. The number of amides is 2. The van der Waals surface area contributed by atoms with Crippen molar-refractivity contribution in [3.8, 4) is 0 Å². The van der Waals surface area contributed by atoms with E-state index < -0.39 is 5.91 Å². The van der Waals surface area contributed by atoms with E-state index in [2.05, 4.69) is 0 Å². The summed E-state index contributed by atoms with van der Waals surface area (Å²) in [6.45, 7) is 1.13. The van der Waals surface area contributed by atoms with E-state index in [1.165, 1.54) is 6.26 Å². The lowest BCUT2D eigenvalue weighted by molar-refractivity contribution is -0.128. The molecule has 0 bridgehead atoms. The van der Waals surface area contributed by atoms with Crippen LogP contribution in [0.1, 0.15) is 29.0 Å². The molecule has 2 amide bonds. The van der Waals surface area contributed by atoms with Gasteiger partial charge in [-0.1, -0.05) is 0 Å². The van der Waals surface area contributed by atoms with Gasteiger partial charge in [0.1, 0.15) is 0 Å². The van der Waals surface area contributed by atoms with E-state index in [0.717, 1.165) is 13.0 Å². The molecule has 0 atom stereocenters. The van der Waals surface area contributed by atoms with Gasteiger partial charge in [-0.25, -0.2) is 5.84 Å². The molecule has 0 saturated carbocycles. The fourth-order valence-electron chi connectivity index (χ4n) is 1.80. The molecule has 0 aliphatic carbocycles. The lowest BCUT2D eigenvalue weighted by atomic mass is 10.2. The highest BCUT2D eigenvalue weighted by atomic mass is 16.3. The lowest BCUT2D eigenvalue weighted by Crippen LogP contribution is -2.31. The predicted octanol–water partition coefficient (Wildman–Crippen LogP) is 0.00550. The average Bonchev–Trinajstić information content (AvgIpc) is 2.88. The van der Waals surface area contributed by atoms with Crippen LogP contribution in [0.4, 0.5) is 0 Å². The first-order chi connectivity index (χ1) is 7.72. The maximum atomic E-state index is 11.4. The highest BCUT2D eigenvalue weighted by molar-refractivity contribution is 5.92. The summed E-state index contributed by atoms with van der Waals surface area (Å²) < 4.78 is 5.03. The van der Waals surface area contributed by atoms with Crippen molar-refractivity contribution in [3.05, 3.63) is 23.7 Å². The topological polar surface area (TPSA) is 88.6 Å². The molecule has 6 nitrogen and oxygen atoms in total. The van der Waals surface area contributed by atoms with Crippen LogP contribution in [0.25, 0.3) is 0 Å². The van der Waals surface area contributed by atoms with E-state index in [1.807, 2.05) is 5.43 Å². The molecule has 3 N–H and O–H groups in total. The molecule has 6 heteroatoms. The molecule has 0 radical (unpaired) electrons. The van der Waals surface area contributed by atoms with E-state index in [9.17, 15) is 9.59 Å². The summed E-state index contributed by atoms with van der Waals surface area (Å²) in [7, 11) is 0. The highest BCUT2D eigenvalue weighted by Gasteiger charge is 2.23. The maximum Gasteiger partial charge on any atom is 0.301 e. The van der Waals surface area contributed by atoms with Gasteiger partial charge in [-0.3, -0.25) is 15.0 Å². The molecule has 0 spiro atoms. The summed E-state index contributed by atoms with van der Waals surface area (Å²) in [5, 5.41) is 0. The number of hydrogen-bond donors (Lipinski definition) is 2. The third-order valence-electron chi connectivity index (χ3n) is 2.62. The molecule has 1 saturated heterocycles. The standard InChI is InChI=1S/C10H13N3O3/c11-12-10(15)9-7(3-5-16-9)6-13-4-1-2-8(13)14/h3,5H,1-2,4,6,11H2,(H,12,15). The van der Waals surface area contributed by atoms with Crippen LogP contribution in [0, 0.1) is 0 Å². The number of carbonyl (C=O) groups excluding carboxylic acids is 2. The van der Waals surface area contributed by atoms with Gasteiger partial charge >= 0.3 is 5.91 Å². The predicted molar refractivity (Wildman–Crippen MR) is 55.0 cm³/mol. The van der Waals surface area contributed by atoms with Crippen LogP contribution in [0.15, 0.2) is 16.7 Å². The van der Waals surface area contributed by atoms with Crippen LogP contribution >= 0.6 is 0 Å². The Morgan fingerprint density at radius 1 is 1.62 bits per heavy atom. The number of nitrogens with one attached hydrogen (secondary N) is 1. The van der Waals surface area contributed by atoms with Crippen molar-refractivity contribution in [2.75, 3.05) is 6.54 Å². The zero-order valence-corrected chi connectivity index (χ0v) is 8.73. The average molecular weight is 223 g/mol. The van der Waals surface area contributed by atoms with Crippen LogP contribution in [-0.2, 0) is 11.3 Å². The maximum absolute atomic E-state index is 11.4. The molecule has 0 unspecified atom stereocenters. The minimum atomic E-state index is -0.480. The van der Waals surface area contributed by atoms with Crippen molar-refractivity contribution < 1.29 is 14.0 Å². The molecule has 1 fully saturated rings. The Morgan fingerprint density at radius 3 is 3.06 bits per heavy atom. The van der Waals surface area contributed by atoms with Gasteiger partial charge in [0, 0.05) is 25.1 Å². The van der Waals surface area contributed by atoms with Crippen molar-refractivity contribution in [1.29, 1.82) is 0 Å². The van der Waals surface area contributed by atoms with Gasteiger partial charge in [-0.2, -0.15) is 0 Å². The number of nitrogens with zero attached hydrogens (tertiary/aromatic N) is 1. The largest absolute Gasteiger partial charge is 0.459 e. The molecule has 2 heterocycles. The Balaban J connectivity index is 2.12. The molecule has 16 heavy (non-hydrogen) atoms. The monoisotopic (exact) mass is 223 g/mol. The first-order valence-electron chi connectivity index (χ1n) is 5.07. The van der Waals surface area contributed by atoms with Crippen LogP contribution in [0.3, 0.4) is 0 Å². The van der Waals surface area contributed by atoms with Crippen LogP contribution in [0.5, 0.6) is 0 Å². The summed E-state index contributed by atoms with van der Waals surface area (Å²) in [6.07, 6.45) is 2.87. The van der Waals surface area contributed by atoms with Crippen molar-refractivity contribution in [2.45, 2.75) is 19.4 Å². The highest BCUT2D eigenvalue weighted by Crippen LogP contribution is 2.17.